The number of hydrogen-bond acceptors (Lipinski definition) is 4. The van der Waals surface area contributed by atoms with Gasteiger partial charge in [-0.05, 0) is 19.2 Å². The number of benzene rings is 1. The summed E-state index contributed by atoms with van der Waals surface area (Å²) in [7, 11) is 1.88. The van der Waals surface area contributed by atoms with Gasteiger partial charge in [-0.3, -0.25) is 4.79 Å². The Balaban J connectivity index is 1.95. The normalized spacial score (nSPS) is 20.4. The summed E-state index contributed by atoms with van der Waals surface area (Å²) in [5.74, 6) is 0.142. The molecule has 2 heterocycles. The highest BCUT2D eigenvalue weighted by Crippen LogP contribution is 2.25. The van der Waals surface area contributed by atoms with Crippen LogP contribution in [0.2, 0.25) is 0 Å². The van der Waals surface area contributed by atoms with Crippen molar-refractivity contribution in [3.05, 3.63) is 24.6 Å². The molecule has 88 valence electrons. The van der Waals surface area contributed by atoms with E-state index < -0.39 is 0 Å². The van der Waals surface area contributed by atoms with E-state index in [9.17, 15) is 4.79 Å². The fourth-order valence-electron chi connectivity index (χ4n) is 2.16. The first-order valence-electron chi connectivity index (χ1n) is 5.59. The van der Waals surface area contributed by atoms with Gasteiger partial charge in [-0.1, -0.05) is 0 Å². The molecule has 0 aliphatic carbocycles. The molecule has 2 aromatic rings. The molecule has 1 aliphatic heterocycles. The van der Waals surface area contributed by atoms with E-state index in [4.69, 9.17) is 4.42 Å². The number of oxazole rings is 1. The molecule has 1 unspecified atom stereocenters. The van der Waals surface area contributed by atoms with E-state index >= 15 is 0 Å². The van der Waals surface area contributed by atoms with Gasteiger partial charge in [-0.25, -0.2) is 4.98 Å². The van der Waals surface area contributed by atoms with Crippen LogP contribution in [-0.2, 0) is 4.79 Å². The maximum absolute atomic E-state index is 11.9. The molecule has 0 radical (unpaired) electrons. The Morgan fingerprint density at radius 3 is 3.18 bits per heavy atom. The summed E-state index contributed by atoms with van der Waals surface area (Å²) in [6.45, 7) is 0.703. The van der Waals surface area contributed by atoms with Crippen LogP contribution >= 0.6 is 0 Å². The zero-order valence-corrected chi connectivity index (χ0v) is 9.51. The minimum Gasteiger partial charge on any atom is -0.443 e. The van der Waals surface area contributed by atoms with E-state index in [1.807, 2.05) is 25.2 Å². The lowest BCUT2D eigenvalue weighted by Crippen LogP contribution is -2.30. The summed E-state index contributed by atoms with van der Waals surface area (Å²) in [6, 6.07) is 5.86. The molecule has 0 bridgehead atoms. The summed E-state index contributed by atoms with van der Waals surface area (Å²) in [4.78, 5) is 17.7. The Morgan fingerprint density at radius 2 is 2.41 bits per heavy atom. The number of carbonyl (C=O) groups excluding carboxylic acids is 1. The Morgan fingerprint density at radius 1 is 1.53 bits per heavy atom. The van der Waals surface area contributed by atoms with Crippen LogP contribution in [0.25, 0.3) is 11.1 Å². The zero-order chi connectivity index (χ0) is 11.8. The molecule has 1 fully saturated rings. The van der Waals surface area contributed by atoms with Gasteiger partial charge in [0.05, 0.1) is 0 Å². The number of aromatic nitrogens is 1. The van der Waals surface area contributed by atoms with Crippen molar-refractivity contribution in [2.75, 3.05) is 18.5 Å². The van der Waals surface area contributed by atoms with Gasteiger partial charge >= 0.3 is 0 Å². The standard InChI is InChI=1S/C12H13N3O2/c1-13-8-4-12(16)15(6-8)9-2-3-10-11(5-9)17-7-14-10/h2-3,5,7-8,13H,4,6H2,1H3. The van der Waals surface area contributed by atoms with E-state index in [0.29, 0.717) is 18.5 Å². The molecule has 1 aromatic heterocycles. The minimum atomic E-state index is 0.142. The second-order valence-electron chi connectivity index (χ2n) is 4.20. The molecule has 0 spiro atoms. The highest BCUT2D eigenvalue weighted by molar-refractivity contribution is 5.97. The van der Waals surface area contributed by atoms with Crippen LogP contribution in [0.1, 0.15) is 6.42 Å². The van der Waals surface area contributed by atoms with Gasteiger partial charge in [-0.15, -0.1) is 0 Å². The van der Waals surface area contributed by atoms with Crippen LogP contribution in [0.15, 0.2) is 29.0 Å². The summed E-state index contributed by atoms with van der Waals surface area (Å²) in [5, 5.41) is 3.13. The number of carbonyl (C=O) groups is 1. The summed E-state index contributed by atoms with van der Waals surface area (Å²) < 4.78 is 5.24. The van der Waals surface area contributed by atoms with Gasteiger partial charge in [0, 0.05) is 30.8 Å². The Labute approximate surface area is 98.4 Å². The van der Waals surface area contributed by atoms with Crippen molar-refractivity contribution < 1.29 is 9.21 Å². The van der Waals surface area contributed by atoms with Crippen molar-refractivity contribution in [1.29, 1.82) is 0 Å². The molecule has 1 aliphatic rings. The van der Waals surface area contributed by atoms with Crippen LogP contribution in [0.4, 0.5) is 5.69 Å². The molecule has 1 atom stereocenters. The molecule has 3 rings (SSSR count). The van der Waals surface area contributed by atoms with Gasteiger partial charge in [0.15, 0.2) is 12.0 Å². The van der Waals surface area contributed by atoms with Crippen molar-refractivity contribution in [2.24, 2.45) is 0 Å². The molecule has 0 saturated carbocycles. The third-order valence-electron chi connectivity index (χ3n) is 3.16. The maximum Gasteiger partial charge on any atom is 0.228 e. The van der Waals surface area contributed by atoms with Gasteiger partial charge < -0.3 is 14.6 Å². The van der Waals surface area contributed by atoms with E-state index in [-0.39, 0.29) is 11.9 Å². The SMILES string of the molecule is CNC1CC(=O)N(c2ccc3ncoc3c2)C1. The number of rotatable bonds is 2. The number of amides is 1. The number of nitrogens with one attached hydrogen (secondary N) is 1. The van der Waals surface area contributed by atoms with Gasteiger partial charge in [0.1, 0.15) is 5.52 Å². The molecular weight excluding hydrogens is 218 g/mol. The molecule has 5 heteroatoms. The van der Waals surface area contributed by atoms with Crippen LogP contribution in [-0.4, -0.2) is 30.5 Å². The smallest absolute Gasteiger partial charge is 0.228 e. The average Bonchev–Trinajstić information content (AvgIpc) is 2.93. The van der Waals surface area contributed by atoms with Gasteiger partial charge in [0.2, 0.25) is 5.91 Å². The Hall–Kier alpha value is -1.88. The number of anilines is 1. The lowest BCUT2D eigenvalue weighted by atomic mass is 10.2. The minimum absolute atomic E-state index is 0.142. The molecular formula is C12H13N3O2. The summed E-state index contributed by atoms with van der Waals surface area (Å²) in [6.07, 6.45) is 1.96. The van der Waals surface area contributed by atoms with Crippen molar-refractivity contribution in [3.63, 3.8) is 0 Å². The van der Waals surface area contributed by atoms with E-state index in [1.54, 1.807) is 4.90 Å². The largest absolute Gasteiger partial charge is 0.443 e. The van der Waals surface area contributed by atoms with Crippen molar-refractivity contribution in [1.82, 2.24) is 10.3 Å². The predicted molar refractivity (Wildman–Crippen MR) is 63.8 cm³/mol. The number of fused-ring (bicyclic) bond motifs is 1. The lowest BCUT2D eigenvalue weighted by molar-refractivity contribution is -0.117. The van der Waals surface area contributed by atoms with Crippen molar-refractivity contribution in [3.8, 4) is 0 Å². The molecule has 5 nitrogen and oxygen atoms in total. The average molecular weight is 231 g/mol. The quantitative estimate of drug-likeness (QED) is 0.842. The summed E-state index contributed by atoms with van der Waals surface area (Å²) in [5.41, 5.74) is 2.39. The fraction of sp³-hybridized carbons (Fsp3) is 0.333. The first-order chi connectivity index (χ1) is 8.28. The predicted octanol–water partition coefficient (Wildman–Crippen LogP) is 1.15. The summed E-state index contributed by atoms with van der Waals surface area (Å²) >= 11 is 0. The van der Waals surface area contributed by atoms with Gasteiger partial charge in [-0.2, -0.15) is 0 Å². The monoisotopic (exact) mass is 231 g/mol. The molecule has 1 saturated heterocycles. The fourth-order valence-corrected chi connectivity index (χ4v) is 2.16. The number of likely N-dealkylation sites (N-methyl/N-ethyl adjacent to an activating group) is 1. The van der Waals surface area contributed by atoms with Crippen LogP contribution in [0.3, 0.4) is 0 Å². The lowest BCUT2D eigenvalue weighted by Gasteiger charge is -2.16. The van der Waals surface area contributed by atoms with Crippen LogP contribution in [0, 0.1) is 0 Å². The van der Waals surface area contributed by atoms with Gasteiger partial charge in [0.25, 0.3) is 0 Å². The highest BCUT2D eigenvalue weighted by atomic mass is 16.3. The highest BCUT2D eigenvalue weighted by Gasteiger charge is 2.29. The third-order valence-corrected chi connectivity index (χ3v) is 3.16. The Bertz CT molecular complexity index is 564. The third kappa shape index (κ3) is 1.68. The second-order valence-corrected chi connectivity index (χ2v) is 4.20. The Kier molecular flexibility index (Phi) is 2.33. The van der Waals surface area contributed by atoms with Crippen molar-refractivity contribution in [2.45, 2.75) is 12.5 Å². The molecule has 1 aromatic carbocycles. The topological polar surface area (TPSA) is 58.4 Å². The van der Waals surface area contributed by atoms with E-state index in [1.165, 1.54) is 6.39 Å². The first-order valence-corrected chi connectivity index (χ1v) is 5.59. The first kappa shape index (κ1) is 10.3. The van der Waals surface area contributed by atoms with Crippen LogP contribution < -0.4 is 10.2 Å². The molecule has 17 heavy (non-hydrogen) atoms. The van der Waals surface area contributed by atoms with Crippen molar-refractivity contribution >= 4 is 22.7 Å². The maximum atomic E-state index is 11.9. The molecule has 1 amide bonds. The number of hydrogen-bond donors (Lipinski definition) is 1. The van der Waals surface area contributed by atoms with E-state index in [0.717, 1.165) is 11.2 Å². The van der Waals surface area contributed by atoms with Crippen LogP contribution in [0.5, 0.6) is 0 Å². The second kappa shape index (κ2) is 3.85. The molecule has 1 N–H and O–H groups in total. The zero-order valence-electron chi connectivity index (χ0n) is 9.51. The van der Waals surface area contributed by atoms with E-state index in [2.05, 4.69) is 10.3 Å². The number of nitrogens with zero attached hydrogens (tertiary/aromatic N) is 2.